The van der Waals surface area contributed by atoms with E-state index in [9.17, 15) is 18.0 Å². The number of nitrogens with zero attached hydrogens (tertiary/aromatic N) is 1. The number of halogens is 1. The highest BCUT2D eigenvalue weighted by Crippen LogP contribution is 2.32. The fourth-order valence-corrected chi connectivity index (χ4v) is 5.22. The molecule has 26 heavy (non-hydrogen) atoms. The number of hydrogen-bond donors (Lipinski definition) is 2. The Morgan fingerprint density at radius 1 is 1.35 bits per heavy atom. The Balaban J connectivity index is 0.00000243. The zero-order chi connectivity index (χ0) is 18.4. The van der Waals surface area contributed by atoms with Crippen molar-refractivity contribution in [2.75, 3.05) is 6.54 Å². The fourth-order valence-electron chi connectivity index (χ4n) is 3.43. The van der Waals surface area contributed by atoms with Crippen molar-refractivity contribution in [2.45, 2.75) is 56.6 Å². The summed E-state index contributed by atoms with van der Waals surface area (Å²) in [5.74, 6) is -0.850. The molecule has 2 atom stereocenters. The van der Waals surface area contributed by atoms with Crippen molar-refractivity contribution in [1.29, 1.82) is 0 Å². The molecule has 144 valence electrons. The number of carbonyl (C=O) groups excluding carboxylic acids is 2. The predicted octanol–water partition coefficient (Wildman–Crippen LogP) is 1.53. The number of amides is 2. The summed E-state index contributed by atoms with van der Waals surface area (Å²) in [6.45, 7) is 6.19. The molecule has 3 rings (SSSR count). The quantitative estimate of drug-likeness (QED) is 0.800. The number of benzene rings is 1. The van der Waals surface area contributed by atoms with E-state index >= 15 is 0 Å². The topological polar surface area (TPSA) is 95.6 Å². The van der Waals surface area contributed by atoms with E-state index in [1.165, 1.54) is 18.2 Å². The van der Waals surface area contributed by atoms with Crippen LogP contribution < -0.4 is 10.6 Å². The van der Waals surface area contributed by atoms with Gasteiger partial charge in [0.05, 0.1) is 5.56 Å². The number of rotatable bonds is 3. The molecule has 2 N–H and O–H groups in total. The van der Waals surface area contributed by atoms with Gasteiger partial charge in [-0.15, -0.1) is 12.4 Å². The molecule has 0 radical (unpaired) electrons. The molecule has 0 spiro atoms. The Morgan fingerprint density at radius 2 is 2.04 bits per heavy atom. The summed E-state index contributed by atoms with van der Waals surface area (Å²) in [5, 5.41) is 6.27. The molecule has 0 aromatic heterocycles. The van der Waals surface area contributed by atoms with Gasteiger partial charge in [0.25, 0.3) is 21.8 Å². The van der Waals surface area contributed by atoms with Crippen LogP contribution >= 0.6 is 12.4 Å². The summed E-state index contributed by atoms with van der Waals surface area (Å²) < 4.78 is 26.1. The number of carbonyl (C=O) groups is 2. The van der Waals surface area contributed by atoms with Crippen LogP contribution in [-0.4, -0.2) is 49.2 Å². The molecule has 7 nitrogen and oxygen atoms in total. The van der Waals surface area contributed by atoms with Gasteiger partial charge in [-0.05, 0) is 58.4 Å². The van der Waals surface area contributed by atoms with E-state index in [-0.39, 0.29) is 40.4 Å². The maximum atomic E-state index is 12.6. The van der Waals surface area contributed by atoms with E-state index < -0.39 is 22.0 Å². The van der Waals surface area contributed by atoms with Crippen molar-refractivity contribution < 1.29 is 18.0 Å². The number of piperidine rings is 1. The minimum atomic E-state index is -3.90. The number of fused-ring (bicyclic) bond motifs is 1. The molecule has 2 unspecified atom stereocenters. The molecule has 9 heteroatoms. The minimum absolute atomic E-state index is 0. The van der Waals surface area contributed by atoms with Crippen molar-refractivity contribution in [1.82, 2.24) is 14.9 Å². The van der Waals surface area contributed by atoms with Gasteiger partial charge in [0.2, 0.25) is 0 Å². The highest BCUT2D eigenvalue weighted by Gasteiger charge is 2.43. The molecular formula is C17H24ClN3O4S. The first kappa shape index (κ1) is 20.7. The summed E-state index contributed by atoms with van der Waals surface area (Å²) >= 11 is 0. The van der Waals surface area contributed by atoms with Gasteiger partial charge in [0.1, 0.15) is 4.90 Å². The lowest BCUT2D eigenvalue weighted by Crippen LogP contribution is -2.46. The smallest absolute Gasteiger partial charge is 0.269 e. The molecule has 0 bridgehead atoms. The Hall–Kier alpha value is -1.64. The first-order valence-electron chi connectivity index (χ1n) is 8.49. The third kappa shape index (κ3) is 3.58. The van der Waals surface area contributed by atoms with Crippen LogP contribution in [0.4, 0.5) is 0 Å². The van der Waals surface area contributed by atoms with Gasteiger partial charge in [0, 0.05) is 23.7 Å². The normalized spacial score (nSPS) is 24.2. The molecule has 1 fully saturated rings. The van der Waals surface area contributed by atoms with Crippen LogP contribution in [0.25, 0.3) is 0 Å². The lowest BCUT2D eigenvalue weighted by molar-refractivity contribution is 0.0844. The van der Waals surface area contributed by atoms with Gasteiger partial charge in [0.15, 0.2) is 0 Å². The molecule has 1 saturated heterocycles. The second-order valence-corrected chi connectivity index (χ2v) is 8.74. The molecule has 0 aliphatic carbocycles. The number of sulfonamides is 1. The fraction of sp³-hybridized carbons (Fsp3) is 0.529. The predicted molar refractivity (Wildman–Crippen MR) is 100 cm³/mol. The summed E-state index contributed by atoms with van der Waals surface area (Å²) in [4.78, 5) is 24.7. The molecule has 2 aliphatic rings. The van der Waals surface area contributed by atoms with E-state index in [4.69, 9.17) is 0 Å². The van der Waals surface area contributed by atoms with E-state index in [1.807, 2.05) is 0 Å². The van der Waals surface area contributed by atoms with Gasteiger partial charge >= 0.3 is 0 Å². The Morgan fingerprint density at radius 3 is 2.65 bits per heavy atom. The highest BCUT2D eigenvalue weighted by molar-refractivity contribution is 7.90. The molecular weight excluding hydrogens is 378 g/mol. The standard InChI is InChI=1S/C17H23N3O4S.ClH/c1-10(2)20-17(22)14-5-4-12(9-15(14)25(20,23)24)16(21)19-13-6-7-18-11(3)8-13;/h4-5,9-11,13,18H,6-8H2,1-3H3,(H,19,21);1H. The maximum absolute atomic E-state index is 12.6. The van der Waals surface area contributed by atoms with Crippen molar-refractivity contribution >= 4 is 34.2 Å². The zero-order valence-corrected chi connectivity index (χ0v) is 16.6. The van der Waals surface area contributed by atoms with Gasteiger partial charge in [-0.1, -0.05) is 0 Å². The first-order valence-corrected chi connectivity index (χ1v) is 9.93. The third-order valence-electron chi connectivity index (χ3n) is 4.64. The third-order valence-corrected chi connectivity index (χ3v) is 6.64. The number of nitrogens with one attached hydrogen (secondary N) is 2. The SMILES string of the molecule is CC1CC(NC(=O)c2ccc3c(c2)S(=O)(=O)N(C(C)C)C3=O)CCN1.Cl. The van der Waals surface area contributed by atoms with Crippen LogP contribution in [-0.2, 0) is 10.0 Å². The molecule has 1 aromatic carbocycles. The van der Waals surface area contributed by atoms with Crippen molar-refractivity contribution in [2.24, 2.45) is 0 Å². The van der Waals surface area contributed by atoms with Crippen LogP contribution in [0.15, 0.2) is 23.1 Å². The zero-order valence-electron chi connectivity index (χ0n) is 15.0. The monoisotopic (exact) mass is 401 g/mol. The van der Waals surface area contributed by atoms with Crippen LogP contribution in [0.2, 0.25) is 0 Å². The highest BCUT2D eigenvalue weighted by atomic mass is 35.5. The van der Waals surface area contributed by atoms with Crippen LogP contribution in [0.1, 0.15) is 54.3 Å². The van der Waals surface area contributed by atoms with Crippen molar-refractivity contribution in [3.8, 4) is 0 Å². The van der Waals surface area contributed by atoms with Gasteiger partial charge < -0.3 is 10.6 Å². The van der Waals surface area contributed by atoms with Crippen LogP contribution in [0.5, 0.6) is 0 Å². The molecule has 0 saturated carbocycles. The van der Waals surface area contributed by atoms with E-state index in [0.29, 0.717) is 6.04 Å². The lowest BCUT2D eigenvalue weighted by Gasteiger charge is -2.28. The average Bonchev–Trinajstić information content (AvgIpc) is 2.73. The van der Waals surface area contributed by atoms with Gasteiger partial charge in [-0.25, -0.2) is 12.7 Å². The van der Waals surface area contributed by atoms with E-state index in [0.717, 1.165) is 23.7 Å². The van der Waals surface area contributed by atoms with Gasteiger partial charge in [-0.3, -0.25) is 9.59 Å². The summed E-state index contributed by atoms with van der Waals surface area (Å²) in [5.41, 5.74) is 0.382. The maximum Gasteiger partial charge on any atom is 0.269 e. The molecule has 1 aromatic rings. The van der Waals surface area contributed by atoms with Crippen molar-refractivity contribution in [3.63, 3.8) is 0 Å². The Kier molecular flexibility index (Phi) is 5.99. The Labute approximate surface area is 160 Å². The molecule has 2 heterocycles. The average molecular weight is 402 g/mol. The van der Waals surface area contributed by atoms with Crippen LogP contribution in [0.3, 0.4) is 0 Å². The molecule has 2 amide bonds. The van der Waals surface area contributed by atoms with E-state index in [1.54, 1.807) is 13.8 Å². The van der Waals surface area contributed by atoms with E-state index in [2.05, 4.69) is 17.6 Å². The van der Waals surface area contributed by atoms with Crippen LogP contribution in [0, 0.1) is 0 Å². The second-order valence-electron chi connectivity index (χ2n) is 6.96. The lowest BCUT2D eigenvalue weighted by atomic mass is 10.00. The molecule has 2 aliphatic heterocycles. The number of hydrogen-bond acceptors (Lipinski definition) is 5. The van der Waals surface area contributed by atoms with Gasteiger partial charge in [-0.2, -0.15) is 0 Å². The summed E-state index contributed by atoms with van der Waals surface area (Å²) in [7, 11) is -3.90. The largest absolute Gasteiger partial charge is 0.349 e. The second kappa shape index (κ2) is 7.54. The van der Waals surface area contributed by atoms with Crippen molar-refractivity contribution in [3.05, 3.63) is 29.3 Å². The summed E-state index contributed by atoms with van der Waals surface area (Å²) in [6.07, 6.45) is 1.66. The summed E-state index contributed by atoms with van der Waals surface area (Å²) in [6, 6.07) is 4.16. The Bertz CT molecular complexity index is 825. The first-order chi connectivity index (χ1) is 11.7. The minimum Gasteiger partial charge on any atom is -0.349 e.